The first-order chi connectivity index (χ1) is 10.2. The summed E-state index contributed by atoms with van der Waals surface area (Å²) in [5.74, 6) is -0.687. The van der Waals surface area contributed by atoms with Gasteiger partial charge in [-0.2, -0.15) is 13.2 Å². The van der Waals surface area contributed by atoms with Gasteiger partial charge in [0.2, 0.25) is 11.8 Å². The van der Waals surface area contributed by atoms with E-state index in [0.717, 1.165) is 6.07 Å². The monoisotopic (exact) mass is 378 g/mol. The summed E-state index contributed by atoms with van der Waals surface area (Å²) in [6.07, 6.45) is -3.31. The molecule has 22 heavy (non-hydrogen) atoms. The maximum Gasteiger partial charge on any atom is 0.417 e. The fraction of sp³-hybridized carbons (Fsp3) is 0.429. The van der Waals surface area contributed by atoms with Crippen LogP contribution in [-0.4, -0.2) is 29.3 Å². The van der Waals surface area contributed by atoms with Crippen molar-refractivity contribution in [1.82, 2.24) is 4.90 Å². The minimum atomic E-state index is -4.52. The first kappa shape index (κ1) is 16.8. The Labute approximate surface area is 133 Å². The molecule has 120 valence electrons. The number of nitrogens with zero attached hydrogens (tertiary/aromatic N) is 1. The molecular formula is C14H14BrF3N2O2. The maximum atomic E-state index is 12.8. The molecule has 0 spiro atoms. The number of nitrogens with one attached hydrogen (secondary N) is 1. The van der Waals surface area contributed by atoms with E-state index in [1.165, 1.54) is 24.0 Å². The molecule has 0 aromatic heterocycles. The van der Waals surface area contributed by atoms with E-state index >= 15 is 0 Å². The van der Waals surface area contributed by atoms with Crippen LogP contribution in [0.5, 0.6) is 0 Å². The van der Waals surface area contributed by atoms with Gasteiger partial charge in [0.15, 0.2) is 0 Å². The van der Waals surface area contributed by atoms with Crippen molar-refractivity contribution in [2.75, 3.05) is 11.9 Å². The molecule has 0 unspecified atom stereocenters. The maximum absolute atomic E-state index is 12.8. The number of carbonyl (C=O) groups is 2. The van der Waals surface area contributed by atoms with Gasteiger partial charge < -0.3 is 10.2 Å². The van der Waals surface area contributed by atoms with Crippen LogP contribution in [0.1, 0.15) is 25.3 Å². The van der Waals surface area contributed by atoms with Crippen molar-refractivity contribution in [2.45, 2.75) is 32.0 Å². The molecule has 8 heteroatoms. The van der Waals surface area contributed by atoms with E-state index in [4.69, 9.17) is 0 Å². The number of carbonyl (C=O) groups excluding carboxylic acids is 2. The summed E-state index contributed by atoms with van der Waals surface area (Å²) in [6, 6.07) is 2.85. The average molecular weight is 379 g/mol. The van der Waals surface area contributed by atoms with Crippen LogP contribution in [0.2, 0.25) is 0 Å². The fourth-order valence-corrected chi connectivity index (χ4v) is 2.93. The number of amides is 2. The number of likely N-dealkylation sites (tertiary alicyclic amines) is 1. The summed E-state index contributed by atoms with van der Waals surface area (Å²) in [7, 11) is 0. The third-order valence-corrected chi connectivity index (χ3v) is 4.19. The van der Waals surface area contributed by atoms with Crippen molar-refractivity contribution in [3.05, 3.63) is 28.2 Å². The second-order valence-corrected chi connectivity index (χ2v) is 5.91. The highest BCUT2D eigenvalue weighted by Crippen LogP contribution is 2.36. The number of benzene rings is 1. The largest absolute Gasteiger partial charge is 0.417 e. The predicted molar refractivity (Wildman–Crippen MR) is 78.2 cm³/mol. The SMILES string of the molecule is CC(=O)N1CCC[C@@H]1C(=O)Nc1ccc(Br)c(C(F)(F)F)c1. The second-order valence-electron chi connectivity index (χ2n) is 5.05. The highest BCUT2D eigenvalue weighted by Gasteiger charge is 2.35. The molecule has 0 bridgehead atoms. The highest BCUT2D eigenvalue weighted by molar-refractivity contribution is 9.10. The average Bonchev–Trinajstić information content (AvgIpc) is 2.89. The van der Waals surface area contributed by atoms with E-state index in [0.29, 0.717) is 19.4 Å². The van der Waals surface area contributed by atoms with Crippen molar-refractivity contribution in [3.8, 4) is 0 Å². The Hall–Kier alpha value is -1.57. The van der Waals surface area contributed by atoms with E-state index in [1.807, 2.05) is 0 Å². The molecule has 1 aromatic carbocycles. The summed E-state index contributed by atoms with van der Waals surface area (Å²) < 4.78 is 38.4. The highest BCUT2D eigenvalue weighted by atomic mass is 79.9. The van der Waals surface area contributed by atoms with E-state index in [2.05, 4.69) is 21.2 Å². The Morgan fingerprint density at radius 1 is 1.36 bits per heavy atom. The van der Waals surface area contributed by atoms with Gasteiger partial charge >= 0.3 is 6.18 Å². The second kappa shape index (κ2) is 6.28. The van der Waals surface area contributed by atoms with Gasteiger partial charge in [0, 0.05) is 23.6 Å². The summed E-state index contributed by atoms with van der Waals surface area (Å²) in [4.78, 5) is 25.0. The van der Waals surface area contributed by atoms with Gasteiger partial charge in [-0.3, -0.25) is 9.59 Å². The molecule has 1 saturated heterocycles. The van der Waals surface area contributed by atoms with Gasteiger partial charge in [-0.1, -0.05) is 15.9 Å². The zero-order valence-electron chi connectivity index (χ0n) is 11.7. The molecule has 2 rings (SSSR count). The van der Waals surface area contributed by atoms with Crippen molar-refractivity contribution in [3.63, 3.8) is 0 Å². The number of alkyl halides is 3. The van der Waals surface area contributed by atoms with Crippen LogP contribution in [0.4, 0.5) is 18.9 Å². The van der Waals surface area contributed by atoms with Gasteiger partial charge in [0.05, 0.1) is 5.56 Å². The third kappa shape index (κ3) is 3.60. The minimum absolute atomic E-state index is 0.0518. The Kier molecular flexibility index (Phi) is 4.79. The number of hydrogen-bond acceptors (Lipinski definition) is 2. The number of rotatable bonds is 2. The molecular weight excluding hydrogens is 365 g/mol. The van der Waals surface area contributed by atoms with Gasteiger partial charge in [-0.25, -0.2) is 0 Å². The van der Waals surface area contributed by atoms with E-state index in [-0.39, 0.29) is 16.1 Å². The van der Waals surface area contributed by atoms with Crippen LogP contribution in [0.25, 0.3) is 0 Å². The first-order valence-electron chi connectivity index (χ1n) is 6.65. The molecule has 4 nitrogen and oxygen atoms in total. The smallest absolute Gasteiger partial charge is 0.331 e. The number of halogens is 4. The van der Waals surface area contributed by atoms with E-state index in [1.54, 1.807) is 0 Å². The Balaban J connectivity index is 2.17. The van der Waals surface area contributed by atoms with Gasteiger partial charge in [-0.05, 0) is 31.0 Å². The summed E-state index contributed by atoms with van der Waals surface area (Å²) in [5.41, 5.74) is -0.809. The lowest BCUT2D eigenvalue weighted by molar-refractivity contribution is -0.138. The molecule has 0 radical (unpaired) electrons. The molecule has 1 fully saturated rings. The van der Waals surface area contributed by atoms with E-state index in [9.17, 15) is 22.8 Å². The first-order valence-corrected chi connectivity index (χ1v) is 7.44. The fourth-order valence-electron chi connectivity index (χ4n) is 2.46. The van der Waals surface area contributed by atoms with Crippen LogP contribution < -0.4 is 5.32 Å². The quantitative estimate of drug-likeness (QED) is 0.856. The summed E-state index contributed by atoms with van der Waals surface area (Å²) in [6.45, 7) is 1.86. The molecule has 2 amide bonds. The molecule has 0 aliphatic carbocycles. The van der Waals surface area contributed by atoms with Crippen LogP contribution in [0, 0.1) is 0 Å². The predicted octanol–water partition coefficient (Wildman–Crippen LogP) is 3.42. The lowest BCUT2D eigenvalue weighted by atomic mass is 10.1. The standard InChI is InChI=1S/C14H14BrF3N2O2/c1-8(21)20-6-2-3-12(20)13(22)19-9-4-5-11(15)10(7-9)14(16,17)18/h4-5,7,12H,2-3,6H2,1H3,(H,19,22)/t12-/m1/s1. The molecule has 1 aromatic rings. The molecule has 1 atom stereocenters. The Morgan fingerprint density at radius 2 is 2.05 bits per heavy atom. The van der Waals surface area contributed by atoms with Crippen LogP contribution in [-0.2, 0) is 15.8 Å². The number of anilines is 1. The summed E-state index contributed by atoms with van der Waals surface area (Å²) in [5, 5.41) is 2.45. The number of hydrogen-bond donors (Lipinski definition) is 1. The molecule has 1 aliphatic heterocycles. The van der Waals surface area contributed by atoms with Gasteiger partial charge in [-0.15, -0.1) is 0 Å². The van der Waals surface area contributed by atoms with Crippen LogP contribution in [0.15, 0.2) is 22.7 Å². The molecule has 1 N–H and O–H groups in total. The summed E-state index contributed by atoms with van der Waals surface area (Å²) >= 11 is 2.84. The molecule has 0 saturated carbocycles. The lowest BCUT2D eigenvalue weighted by Gasteiger charge is -2.22. The Bertz CT molecular complexity index is 604. The van der Waals surface area contributed by atoms with Crippen molar-refractivity contribution in [2.24, 2.45) is 0 Å². The van der Waals surface area contributed by atoms with Crippen LogP contribution >= 0.6 is 15.9 Å². The van der Waals surface area contributed by atoms with Crippen LogP contribution in [0.3, 0.4) is 0 Å². The van der Waals surface area contributed by atoms with Crippen molar-refractivity contribution < 1.29 is 22.8 Å². The third-order valence-electron chi connectivity index (χ3n) is 3.50. The topological polar surface area (TPSA) is 49.4 Å². The van der Waals surface area contributed by atoms with E-state index < -0.39 is 23.7 Å². The normalized spacial score (nSPS) is 18.4. The minimum Gasteiger partial charge on any atom is -0.331 e. The van der Waals surface area contributed by atoms with Gasteiger partial charge in [0.1, 0.15) is 6.04 Å². The zero-order chi connectivity index (χ0) is 16.5. The van der Waals surface area contributed by atoms with Crippen molar-refractivity contribution >= 4 is 33.4 Å². The van der Waals surface area contributed by atoms with Crippen molar-refractivity contribution in [1.29, 1.82) is 0 Å². The van der Waals surface area contributed by atoms with Gasteiger partial charge in [0.25, 0.3) is 0 Å². The Morgan fingerprint density at radius 3 is 2.64 bits per heavy atom. The molecule has 1 heterocycles. The zero-order valence-corrected chi connectivity index (χ0v) is 13.3. The molecule has 1 aliphatic rings. The lowest BCUT2D eigenvalue weighted by Crippen LogP contribution is -2.42.